The van der Waals surface area contributed by atoms with Gasteiger partial charge in [0.05, 0.1) is 5.54 Å². The van der Waals surface area contributed by atoms with Gasteiger partial charge in [-0.1, -0.05) is 20.3 Å². The van der Waals surface area contributed by atoms with Crippen molar-refractivity contribution in [2.75, 3.05) is 13.6 Å². The van der Waals surface area contributed by atoms with Crippen molar-refractivity contribution in [3.05, 3.63) is 0 Å². The molecule has 0 aromatic heterocycles. The normalized spacial score (nSPS) is 32.7. The van der Waals surface area contributed by atoms with Crippen LogP contribution in [-0.4, -0.2) is 42.0 Å². The quantitative estimate of drug-likeness (QED) is 0.735. The highest BCUT2D eigenvalue weighted by molar-refractivity contribution is 5.85. The molecule has 2 aliphatic rings. The maximum atomic E-state index is 11.9. The molecule has 0 bridgehead atoms. The molecule has 1 amide bonds. The fraction of sp³-hybridized carbons (Fsp3) is 0.933. The van der Waals surface area contributed by atoms with Crippen molar-refractivity contribution in [1.29, 1.82) is 0 Å². The number of primary amides is 1. The van der Waals surface area contributed by atoms with E-state index in [4.69, 9.17) is 5.73 Å². The van der Waals surface area contributed by atoms with Gasteiger partial charge < -0.3 is 16.0 Å². The van der Waals surface area contributed by atoms with Crippen molar-refractivity contribution in [2.45, 2.75) is 70.0 Å². The Morgan fingerprint density at radius 2 is 2.16 bits per heavy atom. The standard InChI is InChI=1S/C15H29N3O/c1-4-11(2)10-18(3)13-7-8-15(9-13,14(16)19)17-12-5-6-12/h11-13,17H,4-10H2,1-3H3,(H2,16,19). The zero-order chi connectivity index (χ0) is 14.0. The summed E-state index contributed by atoms with van der Waals surface area (Å²) in [6.07, 6.45) is 6.46. The van der Waals surface area contributed by atoms with Gasteiger partial charge in [0.1, 0.15) is 0 Å². The van der Waals surface area contributed by atoms with Gasteiger partial charge in [0.25, 0.3) is 0 Å². The van der Waals surface area contributed by atoms with Crippen LogP contribution in [0, 0.1) is 5.92 Å². The molecule has 4 nitrogen and oxygen atoms in total. The van der Waals surface area contributed by atoms with E-state index in [-0.39, 0.29) is 5.91 Å². The van der Waals surface area contributed by atoms with Crippen LogP contribution in [0.1, 0.15) is 52.4 Å². The number of nitrogens with zero attached hydrogens (tertiary/aromatic N) is 1. The lowest BCUT2D eigenvalue weighted by Crippen LogP contribution is -2.55. The van der Waals surface area contributed by atoms with Crippen LogP contribution in [-0.2, 0) is 4.79 Å². The highest BCUT2D eigenvalue weighted by Gasteiger charge is 2.47. The Hall–Kier alpha value is -0.610. The molecule has 4 heteroatoms. The van der Waals surface area contributed by atoms with Crippen molar-refractivity contribution in [3.63, 3.8) is 0 Å². The largest absolute Gasteiger partial charge is 0.368 e. The summed E-state index contributed by atoms with van der Waals surface area (Å²) in [7, 11) is 2.19. The van der Waals surface area contributed by atoms with Gasteiger partial charge in [0.2, 0.25) is 5.91 Å². The number of hydrogen-bond acceptors (Lipinski definition) is 3. The number of rotatable bonds is 7. The van der Waals surface area contributed by atoms with Crippen molar-refractivity contribution in [1.82, 2.24) is 10.2 Å². The molecule has 0 spiro atoms. The third-order valence-corrected chi connectivity index (χ3v) is 4.94. The summed E-state index contributed by atoms with van der Waals surface area (Å²) >= 11 is 0. The van der Waals surface area contributed by atoms with Gasteiger partial charge in [-0.25, -0.2) is 0 Å². The number of nitrogens with two attached hydrogens (primary N) is 1. The first kappa shape index (κ1) is 14.8. The highest BCUT2D eigenvalue weighted by Crippen LogP contribution is 2.36. The van der Waals surface area contributed by atoms with Crippen molar-refractivity contribution < 1.29 is 4.79 Å². The van der Waals surface area contributed by atoms with E-state index in [2.05, 4.69) is 31.1 Å². The molecule has 0 aromatic rings. The minimum Gasteiger partial charge on any atom is -0.368 e. The number of carbonyl (C=O) groups is 1. The second-order valence-electron chi connectivity index (χ2n) is 6.71. The van der Waals surface area contributed by atoms with Crippen LogP contribution in [0.4, 0.5) is 0 Å². The summed E-state index contributed by atoms with van der Waals surface area (Å²) in [5.74, 6) is 0.559. The first-order valence-corrected chi connectivity index (χ1v) is 7.74. The predicted molar refractivity (Wildman–Crippen MR) is 77.8 cm³/mol. The van der Waals surface area contributed by atoms with Crippen molar-refractivity contribution in [3.8, 4) is 0 Å². The van der Waals surface area contributed by atoms with E-state index >= 15 is 0 Å². The summed E-state index contributed by atoms with van der Waals surface area (Å²) in [5, 5.41) is 3.52. The molecule has 19 heavy (non-hydrogen) atoms. The van der Waals surface area contributed by atoms with Crippen LogP contribution >= 0.6 is 0 Å². The lowest BCUT2D eigenvalue weighted by atomic mass is 9.95. The molecular formula is C15H29N3O. The van der Waals surface area contributed by atoms with E-state index in [0.29, 0.717) is 18.0 Å². The molecule has 2 aliphatic carbocycles. The Bertz CT molecular complexity index is 329. The first-order valence-electron chi connectivity index (χ1n) is 7.74. The molecule has 0 aliphatic heterocycles. The van der Waals surface area contributed by atoms with Crippen LogP contribution in [0.3, 0.4) is 0 Å². The van der Waals surface area contributed by atoms with E-state index in [1.165, 1.54) is 19.3 Å². The third kappa shape index (κ3) is 3.48. The summed E-state index contributed by atoms with van der Waals surface area (Å²) in [4.78, 5) is 14.3. The molecule has 3 atom stereocenters. The lowest BCUT2D eigenvalue weighted by molar-refractivity contribution is -0.124. The molecular weight excluding hydrogens is 238 g/mol. The van der Waals surface area contributed by atoms with Crippen molar-refractivity contribution >= 4 is 5.91 Å². The Kier molecular flexibility index (Phi) is 4.51. The number of nitrogens with one attached hydrogen (secondary N) is 1. The average molecular weight is 267 g/mol. The molecule has 110 valence electrons. The highest BCUT2D eigenvalue weighted by atomic mass is 16.1. The Morgan fingerprint density at radius 3 is 2.68 bits per heavy atom. The molecule has 3 N–H and O–H groups in total. The van der Waals surface area contributed by atoms with E-state index in [1.54, 1.807) is 0 Å². The fourth-order valence-electron chi connectivity index (χ4n) is 3.21. The van der Waals surface area contributed by atoms with Crippen molar-refractivity contribution in [2.24, 2.45) is 11.7 Å². The van der Waals surface area contributed by atoms with Gasteiger partial charge in [-0.15, -0.1) is 0 Å². The Morgan fingerprint density at radius 1 is 1.47 bits per heavy atom. The van der Waals surface area contributed by atoms with Gasteiger partial charge in [0, 0.05) is 18.6 Å². The molecule has 0 heterocycles. The number of hydrogen-bond donors (Lipinski definition) is 2. The van der Waals surface area contributed by atoms with Gasteiger partial charge in [0.15, 0.2) is 0 Å². The summed E-state index contributed by atoms with van der Waals surface area (Å²) in [5.41, 5.74) is 5.24. The maximum Gasteiger partial charge on any atom is 0.237 e. The topological polar surface area (TPSA) is 58.4 Å². The third-order valence-electron chi connectivity index (χ3n) is 4.94. The lowest BCUT2D eigenvalue weighted by Gasteiger charge is -2.31. The SMILES string of the molecule is CCC(C)CN(C)C1CCC(NC2CC2)(C(N)=O)C1. The molecule has 0 radical (unpaired) electrons. The van der Waals surface area contributed by atoms with Gasteiger partial charge in [-0.2, -0.15) is 0 Å². The summed E-state index contributed by atoms with van der Waals surface area (Å²) < 4.78 is 0. The first-order chi connectivity index (χ1) is 8.97. The average Bonchev–Trinajstić information content (AvgIpc) is 3.05. The zero-order valence-electron chi connectivity index (χ0n) is 12.6. The zero-order valence-corrected chi connectivity index (χ0v) is 12.6. The molecule has 3 unspecified atom stereocenters. The predicted octanol–water partition coefficient (Wildman–Crippen LogP) is 1.49. The molecule has 2 saturated carbocycles. The van der Waals surface area contributed by atoms with E-state index in [9.17, 15) is 4.79 Å². The van der Waals surface area contributed by atoms with Crippen LogP contribution in [0.25, 0.3) is 0 Å². The van der Waals surface area contributed by atoms with Gasteiger partial charge in [-0.3, -0.25) is 4.79 Å². The number of carbonyl (C=O) groups excluding carboxylic acids is 1. The van der Waals surface area contributed by atoms with E-state index in [1.807, 2.05) is 0 Å². The second-order valence-corrected chi connectivity index (χ2v) is 6.71. The summed E-state index contributed by atoms with van der Waals surface area (Å²) in [6.45, 7) is 5.63. The maximum absolute atomic E-state index is 11.9. The minimum absolute atomic E-state index is 0.154. The van der Waals surface area contributed by atoms with Crippen LogP contribution in [0.15, 0.2) is 0 Å². The Labute approximate surface area is 117 Å². The van der Waals surface area contributed by atoms with Gasteiger partial charge >= 0.3 is 0 Å². The van der Waals surface area contributed by atoms with Crippen LogP contribution in [0.2, 0.25) is 0 Å². The van der Waals surface area contributed by atoms with E-state index < -0.39 is 5.54 Å². The second kappa shape index (κ2) is 5.80. The Balaban J connectivity index is 1.93. The van der Waals surface area contributed by atoms with Gasteiger partial charge in [-0.05, 0) is 45.1 Å². The minimum atomic E-state index is -0.435. The number of amides is 1. The smallest absolute Gasteiger partial charge is 0.237 e. The van der Waals surface area contributed by atoms with Crippen LogP contribution in [0.5, 0.6) is 0 Å². The monoisotopic (exact) mass is 267 g/mol. The van der Waals surface area contributed by atoms with Crippen LogP contribution < -0.4 is 11.1 Å². The molecule has 0 aromatic carbocycles. The molecule has 2 rings (SSSR count). The molecule has 0 saturated heterocycles. The summed E-state index contributed by atoms with van der Waals surface area (Å²) in [6, 6.07) is 1.03. The fourth-order valence-corrected chi connectivity index (χ4v) is 3.21. The molecule has 2 fully saturated rings. The van der Waals surface area contributed by atoms with E-state index in [0.717, 1.165) is 25.8 Å².